The normalized spacial score (nSPS) is 13.6. The third-order valence-electron chi connectivity index (χ3n) is 4.94. The zero-order chi connectivity index (χ0) is 19.3. The van der Waals surface area contributed by atoms with E-state index in [4.69, 9.17) is 9.47 Å². The second-order valence-corrected chi connectivity index (χ2v) is 9.28. The zero-order valence-electron chi connectivity index (χ0n) is 18.1. The highest BCUT2D eigenvalue weighted by molar-refractivity contribution is 5.51. The van der Waals surface area contributed by atoms with Crippen molar-refractivity contribution in [1.29, 1.82) is 0 Å². The van der Waals surface area contributed by atoms with Crippen LogP contribution in [0.5, 0.6) is 11.5 Å². The highest BCUT2D eigenvalue weighted by atomic mass is 16.5. The summed E-state index contributed by atoms with van der Waals surface area (Å²) < 4.78 is 12.1. The molecular weight excluding hydrogens is 308 g/mol. The van der Waals surface area contributed by atoms with Crippen LogP contribution in [0.15, 0.2) is 12.1 Å². The minimum absolute atomic E-state index is 0.0180. The van der Waals surface area contributed by atoms with Crippen molar-refractivity contribution in [2.24, 2.45) is 5.92 Å². The lowest BCUT2D eigenvalue weighted by Gasteiger charge is -2.29. The van der Waals surface area contributed by atoms with E-state index in [0.29, 0.717) is 5.92 Å². The fourth-order valence-electron chi connectivity index (χ4n) is 3.13. The molecule has 0 spiro atoms. The summed E-state index contributed by atoms with van der Waals surface area (Å²) in [7, 11) is 1.76. The Bertz CT molecular complexity index is 532. The minimum atomic E-state index is 0.0180. The van der Waals surface area contributed by atoms with Gasteiger partial charge in [-0.25, -0.2) is 0 Å². The van der Waals surface area contributed by atoms with Gasteiger partial charge in [0.2, 0.25) is 0 Å². The minimum Gasteiger partial charge on any atom is -0.496 e. The monoisotopic (exact) mass is 348 g/mol. The van der Waals surface area contributed by atoms with Crippen LogP contribution in [0.2, 0.25) is 0 Å². The van der Waals surface area contributed by atoms with E-state index in [1.807, 2.05) is 0 Å². The fraction of sp³-hybridized carbons (Fsp3) is 0.739. The van der Waals surface area contributed by atoms with Gasteiger partial charge in [-0.15, -0.1) is 0 Å². The van der Waals surface area contributed by atoms with E-state index >= 15 is 0 Å². The predicted molar refractivity (Wildman–Crippen MR) is 109 cm³/mol. The highest BCUT2D eigenvalue weighted by Gasteiger charge is 2.26. The van der Waals surface area contributed by atoms with Crippen molar-refractivity contribution < 1.29 is 9.47 Å². The van der Waals surface area contributed by atoms with Gasteiger partial charge in [-0.05, 0) is 35.3 Å². The fourth-order valence-corrected chi connectivity index (χ4v) is 3.13. The Morgan fingerprint density at radius 3 is 1.84 bits per heavy atom. The Balaban J connectivity index is 3.21. The van der Waals surface area contributed by atoms with Crippen molar-refractivity contribution in [3.05, 3.63) is 23.3 Å². The van der Waals surface area contributed by atoms with Gasteiger partial charge in [0.05, 0.1) is 13.7 Å². The molecule has 1 aromatic carbocycles. The number of ether oxygens (including phenoxy) is 2. The first kappa shape index (κ1) is 21.9. The summed E-state index contributed by atoms with van der Waals surface area (Å²) in [5.74, 6) is 2.61. The second kappa shape index (κ2) is 8.96. The van der Waals surface area contributed by atoms with Gasteiger partial charge in [-0.1, -0.05) is 74.7 Å². The van der Waals surface area contributed by atoms with E-state index in [0.717, 1.165) is 18.1 Å². The van der Waals surface area contributed by atoms with E-state index in [-0.39, 0.29) is 10.8 Å². The van der Waals surface area contributed by atoms with Crippen molar-refractivity contribution in [1.82, 2.24) is 0 Å². The van der Waals surface area contributed by atoms with Gasteiger partial charge >= 0.3 is 0 Å². The Morgan fingerprint density at radius 1 is 0.880 bits per heavy atom. The average Bonchev–Trinajstić information content (AvgIpc) is 2.52. The predicted octanol–water partition coefficient (Wildman–Crippen LogP) is 6.89. The Labute approximate surface area is 156 Å². The van der Waals surface area contributed by atoms with Gasteiger partial charge in [-0.3, -0.25) is 0 Å². The summed E-state index contributed by atoms with van der Waals surface area (Å²) in [5.41, 5.74) is 2.47. The Kier molecular flexibility index (Phi) is 7.84. The lowest BCUT2D eigenvalue weighted by atomic mass is 9.81. The largest absolute Gasteiger partial charge is 0.496 e. The van der Waals surface area contributed by atoms with Gasteiger partial charge in [-0.2, -0.15) is 0 Å². The summed E-state index contributed by atoms with van der Waals surface area (Å²) in [4.78, 5) is 0. The van der Waals surface area contributed by atoms with Crippen LogP contribution in [0.1, 0.15) is 92.2 Å². The lowest BCUT2D eigenvalue weighted by Crippen LogP contribution is -2.20. The van der Waals surface area contributed by atoms with Crippen LogP contribution in [0, 0.1) is 5.92 Å². The van der Waals surface area contributed by atoms with Crippen molar-refractivity contribution >= 4 is 0 Å². The van der Waals surface area contributed by atoms with Gasteiger partial charge in [0.25, 0.3) is 0 Å². The summed E-state index contributed by atoms with van der Waals surface area (Å²) in [6.07, 6.45) is 4.96. The Morgan fingerprint density at radius 2 is 1.40 bits per heavy atom. The highest BCUT2D eigenvalue weighted by Crippen LogP contribution is 2.41. The quantitative estimate of drug-likeness (QED) is 0.509. The summed E-state index contributed by atoms with van der Waals surface area (Å²) in [6.45, 7) is 18.7. The first-order valence-electron chi connectivity index (χ1n) is 9.90. The summed E-state index contributed by atoms with van der Waals surface area (Å²) in [6, 6.07) is 4.40. The number of rotatable bonds is 8. The van der Waals surface area contributed by atoms with E-state index in [1.54, 1.807) is 7.11 Å². The van der Waals surface area contributed by atoms with Crippen molar-refractivity contribution in [2.75, 3.05) is 13.7 Å². The molecule has 1 rings (SSSR count). The number of benzene rings is 1. The molecular formula is C23H40O2. The van der Waals surface area contributed by atoms with Gasteiger partial charge in [0.15, 0.2) is 0 Å². The molecule has 0 heterocycles. The molecule has 0 saturated heterocycles. The molecule has 0 bridgehead atoms. The molecule has 2 heteroatoms. The van der Waals surface area contributed by atoms with Crippen LogP contribution in [-0.4, -0.2) is 13.7 Å². The van der Waals surface area contributed by atoms with Crippen molar-refractivity contribution in [3.8, 4) is 11.5 Å². The molecule has 0 saturated carbocycles. The van der Waals surface area contributed by atoms with Crippen LogP contribution in [0.4, 0.5) is 0 Å². The number of hydrogen-bond donors (Lipinski definition) is 0. The Hall–Kier alpha value is -1.18. The third kappa shape index (κ3) is 6.24. The molecule has 0 aliphatic carbocycles. The number of methoxy groups -OCH3 is 1. The van der Waals surface area contributed by atoms with Crippen LogP contribution in [0.3, 0.4) is 0 Å². The summed E-state index contributed by atoms with van der Waals surface area (Å²) in [5, 5.41) is 0. The van der Waals surface area contributed by atoms with E-state index in [9.17, 15) is 0 Å². The van der Waals surface area contributed by atoms with Crippen LogP contribution in [0.25, 0.3) is 0 Å². The maximum absolute atomic E-state index is 6.39. The molecule has 0 radical (unpaired) electrons. The molecule has 0 fully saturated rings. The van der Waals surface area contributed by atoms with Crippen LogP contribution >= 0.6 is 0 Å². The second-order valence-electron chi connectivity index (χ2n) is 9.28. The molecule has 2 nitrogen and oxygen atoms in total. The van der Waals surface area contributed by atoms with Crippen LogP contribution in [-0.2, 0) is 10.8 Å². The average molecular weight is 349 g/mol. The maximum atomic E-state index is 6.39. The van der Waals surface area contributed by atoms with Crippen molar-refractivity contribution in [2.45, 2.75) is 91.9 Å². The smallest absolute Gasteiger partial charge is 0.123 e. The molecule has 0 amide bonds. The summed E-state index contributed by atoms with van der Waals surface area (Å²) >= 11 is 0. The molecule has 144 valence electrons. The maximum Gasteiger partial charge on any atom is 0.123 e. The van der Waals surface area contributed by atoms with Gasteiger partial charge in [0, 0.05) is 11.1 Å². The SMILES string of the molecule is CCCCC(CC)COc1cc(C(C)(C)C)c(OC)cc1C(C)(C)C. The molecule has 25 heavy (non-hydrogen) atoms. The zero-order valence-corrected chi connectivity index (χ0v) is 18.1. The van der Waals surface area contributed by atoms with E-state index in [2.05, 4.69) is 67.5 Å². The number of hydrogen-bond acceptors (Lipinski definition) is 2. The molecule has 0 aromatic heterocycles. The standard InChI is InChI=1S/C23H40O2/c1-10-12-13-17(11-2)16-25-21-15-18(22(3,4)5)20(24-9)14-19(21)23(6,7)8/h14-15,17H,10-13,16H2,1-9H3. The first-order valence-corrected chi connectivity index (χ1v) is 9.90. The molecule has 1 aromatic rings. The lowest BCUT2D eigenvalue weighted by molar-refractivity contribution is 0.228. The molecule has 1 unspecified atom stereocenters. The third-order valence-corrected chi connectivity index (χ3v) is 4.94. The van der Waals surface area contributed by atoms with Gasteiger partial charge in [0.1, 0.15) is 11.5 Å². The molecule has 0 aliphatic rings. The molecule has 1 atom stereocenters. The molecule has 0 aliphatic heterocycles. The van der Waals surface area contributed by atoms with E-state index < -0.39 is 0 Å². The van der Waals surface area contributed by atoms with Crippen molar-refractivity contribution in [3.63, 3.8) is 0 Å². The van der Waals surface area contributed by atoms with Gasteiger partial charge < -0.3 is 9.47 Å². The first-order chi connectivity index (χ1) is 11.5. The topological polar surface area (TPSA) is 18.5 Å². The molecule has 0 N–H and O–H groups in total. The van der Waals surface area contributed by atoms with Crippen LogP contribution < -0.4 is 9.47 Å². The number of unbranched alkanes of at least 4 members (excludes halogenated alkanes) is 1. The van der Waals surface area contributed by atoms with E-state index in [1.165, 1.54) is 36.8 Å².